The number of nitrogens with zero attached hydrogens (tertiary/aromatic N) is 1. The zero-order valence-corrected chi connectivity index (χ0v) is 22.3. The van der Waals surface area contributed by atoms with Crippen LogP contribution in [0.15, 0.2) is 18.3 Å². The summed E-state index contributed by atoms with van der Waals surface area (Å²) in [6.45, 7) is 13.0. The summed E-state index contributed by atoms with van der Waals surface area (Å²) in [5.74, 6) is 0.878. The van der Waals surface area contributed by atoms with Crippen LogP contribution in [0.3, 0.4) is 0 Å². The molecular formula is C28H42N2O5. The third kappa shape index (κ3) is 6.54. The molecule has 0 aromatic carbocycles. The van der Waals surface area contributed by atoms with E-state index < -0.39 is 35.1 Å². The van der Waals surface area contributed by atoms with Gasteiger partial charge in [-0.1, -0.05) is 26.7 Å². The molecule has 1 aliphatic heterocycles. The fraction of sp³-hybridized carbons (Fsp3) is 0.750. The number of rotatable bonds is 9. The van der Waals surface area contributed by atoms with E-state index in [0.717, 1.165) is 17.5 Å². The van der Waals surface area contributed by atoms with Gasteiger partial charge in [0, 0.05) is 32.2 Å². The monoisotopic (exact) mass is 486 g/mol. The average Bonchev–Trinajstić information content (AvgIpc) is 3.62. The van der Waals surface area contributed by atoms with Gasteiger partial charge in [0.15, 0.2) is 5.60 Å². The molecule has 2 heterocycles. The van der Waals surface area contributed by atoms with Gasteiger partial charge >= 0.3 is 12.1 Å². The maximum Gasteiger partial charge on any atom is 0.407 e. The van der Waals surface area contributed by atoms with Gasteiger partial charge in [-0.3, -0.25) is 4.98 Å². The number of amides is 1. The third-order valence-corrected chi connectivity index (χ3v) is 7.04. The van der Waals surface area contributed by atoms with Gasteiger partial charge in [-0.25, -0.2) is 9.59 Å². The van der Waals surface area contributed by atoms with E-state index in [1.54, 1.807) is 13.8 Å². The second-order valence-electron chi connectivity index (χ2n) is 12.6. The molecule has 1 saturated heterocycles. The number of carbonyl (C=O) groups is 2. The molecule has 3 aliphatic rings. The summed E-state index contributed by atoms with van der Waals surface area (Å²) < 4.78 is 17.5. The maximum absolute atomic E-state index is 13.5. The van der Waals surface area contributed by atoms with E-state index in [9.17, 15) is 9.59 Å². The number of nitrogens with one attached hydrogen (secondary N) is 1. The number of alkyl carbamates (subject to hydrolysis) is 1. The van der Waals surface area contributed by atoms with Crippen LogP contribution in [0.4, 0.5) is 4.79 Å². The average molecular weight is 487 g/mol. The first-order chi connectivity index (χ1) is 16.3. The number of carbonyl (C=O) groups excluding carboxylic acids is 2. The van der Waals surface area contributed by atoms with Gasteiger partial charge in [-0.15, -0.1) is 0 Å². The van der Waals surface area contributed by atoms with E-state index >= 15 is 0 Å². The largest absolute Gasteiger partial charge is 0.444 e. The second-order valence-corrected chi connectivity index (χ2v) is 12.6. The molecule has 0 bridgehead atoms. The molecule has 194 valence electrons. The fourth-order valence-corrected chi connectivity index (χ4v) is 5.33. The highest BCUT2D eigenvalue weighted by Gasteiger charge is 2.59. The Labute approximate surface area is 209 Å². The number of hydrogen-bond acceptors (Lipinski definition) is 6. The Morgan fingerprint density at radius 1 is 1.29 bits per heavy atom. The molecule has 7 nitrogen and oxygen atoms in total. The van der Waals surface area contributed by atoms with Crippen molar-refractivity contribution in [3.63, 3.8) is 0 Å². The second kappa shape index (κ2) is 9.38. The Balaban J connectivity index is 1.60. The van der Waals surface area contributed by atoms with Gasteiger partial charge in [-0.2, -0.15) is 0 Å². The molecule has 35 heavy (non-hydrogen) atoms. The molecule has 0 spiro atoms. The first kappa shape index (κ1) is 25.9. The summed E-state index contributed by atoms with van der Waals surface area (Å²) in [7, 11) is 0. The van der Waals surface area contributed by atoms with E-state index in [1.807, 2.05) is 27.0 Å². The van der Waals surface area contributed by atoms with Crippen LogP contribution in [-0.2, 0) is 25.4 Å². The summed E-state index contributed by atoms with van der Waals surface area (Å²) in [4.78, 5) is 30.9. The van der Waals surface area contributed by atoms with E-state index in [0.29, 0.717) is 12.3 Å². The Morgan fingerprint density at radius 3 is 2.57 bits per heavy atom. The van der Waals surface area contributed by atoms with Crippen molar-refractivity contribution in [2.45, 2.75) is 116 Å². The Morgan fingerprint density at radius 2 is 2.00 bits per heavy atom. The SMILES string of the molecule is CC(C)C[C@H](NC(=O)OC(C)(C)C)[C@@]1(Cc2cc([C@H]3C[C@@H]3CC3CC3)ccn2)OC(C)(C)OC1=O. The summed E-state index contributed by atoms with van der Waals surface area (Å²) in [5, 5.41) is 2.95. The minimum Gasteiger partial charge on any atom is -0.444 e. The van der Waals surface area contributed by atoms with Crippen LogP contribution >= 0.6 is 0 Å². The molecule has 1 aromatic rings. The fourth-order valence-electron chi connectivity index (χ4n) is 5.33. The third-order valence-electron chi connectivity index (χ3n) is 7.04. The molecule has 0 unspecified atom stereocenters. The highest BCUT2D eigenvalue weighted by molar-refractivity contribution is 5.84. The van der Waals surface area contributed by atoms with E-state index in [-0.39, 0.29) is 12.3 Å². The number of aromatic nitrogens is 1. The van der Waals surface area contributed by atoms with E-state index in [2.05, 4.69) is 36.3 Å². The van der Waals surface area contributed by atoms with Crippen LogP contribution in [0.25, 0.3) is 0 Å². The van der Waals surface area contributed by atoms with Gasteiger partial charge in [0.1, 0.15) is 5.60 Å². The standard InChI is InChI=1S/C28H42N2O5/c1-17(2)12-23(30-25(32)34-26(3,4)5)28(24(31)33-27(6,7)35-28)16-21-14-19(10-11-29-21)22-15-20(22)13-18-8-9-18/h10-11,14,17-18,20,22-23H,8-9,12-13,15-16H2,1-7H3,(H,30,32)/t20-,22+,23-,28+/m0/s1. The summed E-state index contributed by atoms with van der Waals surface area (Å²) in [6.07, 6.45) is 7.31. The lowest BCUT2D eigenvalue weighted by Crippen LogP contribution is -2.59. The van der Waals surface area contributed by atoms with Crippen molar-refractivity contribution in [3.05, 3.63) is 29.6 Å². The van der Waals surface area contributed by atoms with Crippen molar-refractivity contribution in [2.75, 3.05) is 0 Å². The lowest BCUT2D eigenvalue weighted by Gasteiger charge is -2.36. The molecule has 2 aliphatic carbocycles. The van der Waals surface area contributed by atoms with Gasteiger partial charge in [0.2, 0.25) is 5.79 Å². The van der Waals surface area contributed by atoms with Crippen LogP contribution in [0.5, 0.6) is 0 Å². The first-order valence-corrected chi connectivity index (χ1v) is 13.1. The molecule has 3 fully saturated rings. The zero-order chi connectivity index (χ0) is 25.6. The number of cyclic esters (lactones) is 1. The first-order valence-electron chi connectivity index (χ1n) is 13.1. The molecule has 4 rings (SSSR count). The van der Waals surface area contributed by atoms with Crippen molar-refractivity contribution >= 4 is 12.1 Å². The van der Waals surface area contributed by atoms with Gasteiger partial charge in [0.25, 0.3) is 0 Å². The normalized spacial score (nSPS) is 28.5. The maximum atomic E-state index is 13.5. The summed E-state index contributed by atoms with van der Waals surface area (Å²) >= 11 is 0. The zero-order valence-electron chi connectivity index (χ0n) is 22.3. The minimum absolute atomic E-state index is 0.195. The summed E-state index contributed by atoms with van der Waals surface area (Å²) in [5.41, 5.74) is -0.00344. The molecule has 1 N–H and O–H groups in total. The van der Waals surface area contributed by atoms with Crippen molar-refractivity contribution in [1.82, 2.24) is 10.3 Å². The van der Waals surface area contributed by atoms with E-state index in [4.69, 9.17) is 14.2 Å². The molecule has 1 amide bonds. The number of pyridine rings is 1. The van der Waals surface area contributed by atoms with Gasteiger partial charge < -0.3 is 19.5 Å². The van der Waals surface area contributed by atoms with Crippen molar-refractivity contribution in [3.8, 4) is 0 Å². The van der Waals surface area contributed by atoms with Crippen molar-refractivity contribution in [2.24, 2.45) is 17.8 Å². The molecular weight excluding hydrogens is 444 g/mol. The van der Waals surface area contributed by atoms with E-state index in [1.165, 1.54) is 31.2 Å². The Hall–Kier alpha value is -2.15. The molecule has 4 atom stereocenters. The topological polar surface area (TPSA) is 86.8 Å². The lowest BCUT2D eigenvalue weighted by molar-refractivity contribution is -0.170. The van der Waals surface area contributed by atoms with Gasteiger partial charge in [0.05, 0.1) is 6.04 Å². The van der Waals surface area contributed by atoms with Gasteiger partial charge in [-0.05, 0) is 81.4 Å². The number of ether oxygens (including phenoxy) is 3. The predicted octanol–water partition coefficient (Wildman–Crippen LogP) is 5.52. The molecule has 2 saturated carbocycles. The van der Waals surface area contributed by atoms with Crippen LogP contribution in [0, 0.1) is 17.8 Å². The highest BCUT2D eigenvalue weighted by Crippen LogP contribution is 2.54. The van der Waals surface area contributed by atoms with Crippen LogP contribution in [-0.4, -0.2) is 40.1 Å². The molecule has 1 aromatic heterocycles. The van der Waals surface area contributed by atoms with Crippen molar-refractivity contribution < 1.29 is 23.8 Å². The predicted molar refractivity (Wildman–Crippen MR) is 133 cm³/mol. The lowest BCUT2D eigenvalue weighted by atomic mass is 9.83. The minimum atomic E-state index is -1.40. The van der Waals surface area contributed by atoms with Crippen LogP contribution < -0.4 is 5.32 Å². The molecule has 0 radical (unpaired) electrons. The number of hydrogen-bond donors (Lipinski definition) is 1. The number of esters is 1. The summed E-state index contributed by atoms with van der Waals surface area (Å²) in [6, 6.07) is 3.57. The van der Waals surface area contributed by atoms with Crippen LogP contribution in [0.2, 0.25) is 0 Å². The quantitative estimate of drug-likeness (QED) is 0.463. The van der Waals surface area contributed by atoms with Crippen LogP contribution in [0.1, 0.15) is 97.7 Å². The Bertz CT molecular complexity index is 949. The Kier molecular flexibility index (Phi) is 6.95. The smallest absolute Gasteiger partial charge is 0.407 e. The highest BCUT2D eigenvalue weighted by atomic mass is 16.8. The molecule has 7 heteroatoms. The van der Waals surface area contributed by atoms with Crippen molar-refractivity contribution in [1.29, 1.82) is 0 Å².